The number of hydrogen-bond acceptors (Lipinski definition) is 16. The Morgan fingerprint density at radius 3 is 1.33 bits per heavy atom. The van der Waals surface area contributed by atoms with Crippen molar-refractivity contribution in [1.29, 1.82) is 0 Å². The Morgan fingerprint density at radius 1 is 0.551 bits per heavy atom. The predicted octanol–water partition coefficient (Wildman–Crippen LogP) is 12.1. The number of anilines is 3. The van der Waals surface area contributed by atoms with E-state index in [0.29, 0.717) is 53.0 Å². The second-order valence-corrected chi connectivity index (χ2v) is 40.3. The molecule has 0 saturated heterocycles. The Bertz CT molecular complexity index is 4500. The van der Waals surface area contributed by atoms with Gasteiger partial charge in [-0.3, -0.25) is 19.2 Å². The lowest BCUT2D eigenvalue weighted by atomic mass is 9.81. The summed E-state index contributed by atoms with van der Waals surface area (Å²) in [5.74, 6) is 4.98. The van der Waals surface area contributed by atoms with Crippen molar-refractivity contribution in [3.63, 3.8) is 0 Å². The number of rotatable bonds is 14. The molecule has 0 unspecified atom stereocenters. The second kappa shape index (κ2) is 30.0. The third-order valence-corrected chi connectivity index (χ3v) is 17.7. The van der Waals surface area contributed by atoms with Gasteiger partial charge in [0.1, 0.15) is 45.4 Å². The average Bonchev–Trinajstić information content (AvgIpc) is 1.60. The first-order valence-corrected chi connectivity index (χ1v) is 39.5. The van der Waals surface area contributed by atoms with Gasteiger partial charge in [0, 0.05) is 43.3 Å². The summed E-state index contributed by atoms with van der Waals surface area (Å²) in [6.07, 6.45) is 12.5. The summed E-state index contributed by atoms with van der Waals surface area (Å²) < 4.78 is 26.9. The maximum Gasteiger partial charge on any atom is 0.493 e. The summed E-state index contributed by atoms with van der Waals surface area (Å²) >= 11 is 8.48. The molecular formula is C74H78BClIN9O11Si. The number of nitrogens with zero attached hydrogens (tertiary/aromatic N) is 5. The van der Waals surface area contributed by atoms with Gasteiger partial charge in [0.15, 0.2) is 0 Å². The molecule has 506 valence electrons. The van der Waals surface area contributed by atoms with Crippen molar-refractivity contribution >= 4 is 86.7 Å². The van der Waals surface area contributed by atoms with Crippen LogP contribution in [0.1, 0.15) is 88.6 Å². The monoisotopic (exact) mass is 1470 g/mol. The second-order valence-electron chi connectivity index (χ2n) is 26.1. The molecule has 9 heterocycles. The van der Waals surface area contributed by atoms with Crippen molar-refractivity contribution in [2.24, 2.45) is 0 Å². The van der Waals surface area contributed by atoms with Crippen LogP contribution < -0.4 is 50.7 Å². The lowest BCUT2D eigenvalue weighted by Gasteiger charge is -2.17. The van der Waals surface area contributed by atoms with E-state index < -0.39 is 28.9 Å². The number of hydrogen-bond donors (Lipinski definition) is 6. The highest BCUT2D eigenvalue weighted by atomic mass is 127. The van der Waals surface area contributed by atoms with Crippen LogP contribution in [0.3, 0.4) is 0 Å². The highest BCUT2D eigenvalue weighted by Gasteiger charge is 2.54. The van der Waals surface area contributed by atoms with E-state index in [2.05, 4.69) is 105 Å². The number of methoxy groups -OCH3 is 2. The zero-order valence-corrected chi connectivity index (χ0v) is 59.9. The minimum atomic E-state index is -1.53. The van der Waals surface area contributed by atoms with Crippen LogP contribution in [0, 0.1) is 20.8 Å². The molecule has 6 aliphatic rings. The topological polar surface area (TPSA) is 271 Å². The molecule has 0 spiro atoms. The molecule has 0 atom stereocenters. The van der Waals surface area contributed by atoms with Crippen LogP contribution >= 0.6 is 33.4 Å². The van der Waals surface area contributed by atoms with Crippen LogP contribution in [0.25, 0.3) is 22.5 Å². The third kappa shape index (κ3) is 16.7. The summed E-state index contributed by atoms with van der Waals surface area (Å²) in [6.45, 7) is 14.9. The van der Waals surface area contributed by atoms with Gasteiger partial charge in [0.2, 0.25) is 29.5 Å². The van der Waals surface area contributed by atoms with Crippen molar-refractivity contribution in [3.05, 3.63) is 212 Å². The molecule has 0 radical (unpaired) electrons. The number of carbonyl (C=O) groups is 3. The summed E-state index contributed by atoms with van der Waals surface area (Å²) in [5, 5.41) is 26.9. The van der Waals surface area contributed by atoms with E-state index in [4.69, 9.17) is 45.3 Å². The molecule has 3 aliphatic carbocycles. The predicted molar refractivity (Wildman–Crippen MR) is 391 cm³/mol. The largest absolute Gasteiger partial charge is 0.493 e. The Kier molecular flexibility index (Phi) is 21.5. The molecule has 3 aromatic carbocycles. The highest BCUT2D eigenvalue weighted by molar-refractivity contribution is 14.1. The van der Waals surface area contributed by atoms with Crippen LogP contribution in [-0.2, 0) is 49.9 Å². The van der Waals surface area contributed by atoms with E-state index in [1.165, 1.54) is 36.1 Å². The van der Waals surface area contributed by atoms with E-state index in [9.17, 15) is 19.2 Å². The lowest BCUT2D eigenvalue weighted by molar-refractivity contribution is -0.119. The smallest absolute Gasteiger partial charge is 0.493 e. The number of aromatic nitrogens is 6. The van der Waals surface area contributed by atoms with E-state index in [-0.39, 0.29) is 34.6 Å². The van der Waals surface area contributed by atoms with Crippen LogP contribution in [0.5, 0.6) is 29.0 Å². The van der Waals surface area contributed by atoms with E-state index in [0.717, 1.165) is 126 Å². The van der Waals surface area contributed by atoms with Crippen LogP contribution in [0.15, 0.2) is 151 Å². The summed E-state index contributed by atoms with van der Waals surface area (Å²) in [5.41, 5.74) is 10.1. The number of H-pyrrole nitrogens is 1. The number of carbonyl (C=O) groups excluding carboxylic acids is 3. The molecule has 3 saturated carbocycles. The third-order valence-electron chi connectivity index (χ3n) is 17.5. The van der Waals surface area contributed by atoms with E-state index in [1.54, 1.807) is 43.8 Å². The first-order valence-electron chi connectivity index (χ1n) is 32.5. The Hall–Kier alpha value is -9.01. The van der Waals surface area contributed by atoms with Gasteiger partial charge in [0.25, 0.3) is 5.56 Å². The first kappa shape index (κ1) is 70.3. The van der Waals surface area contributed by atoms with Gasteiger partial charge in [0.05, 0.1) is 72.8 Å². The number of pyridine rings is 6. The minimum absolute atomic E-state index is 0.00877. The maximum atomic E-state index is 13.3. The number of benzene rings is 3. The number of amides is 3. The van der Waals surface area contributed by atoms with Crippen LogP contribution in [-0.4, -0.2) is 104 Å². The SMILES string of the molecule is COc1ncccc1-c1cc(C)cc(NC(=O)C2(c3ccc4c(c3)CCO4)CC2)n1.COc1ncccc1B(O)O.C[Si](C)(C)I.Cc1cc(Cl)nc(NC(=O)C2(c3ccc4c(c3)CCO4)CC2)c1.Cc1cc(NC(=O)C2(c3ccc4c(c3)CCO4)CC2)nc(-c2ccc[nH]c2=O)c1. The molecule has 98 heavy (non-hydrogen) atoms. The van der Waals surface area contributed by atoms with Crippen molar-refractivity contribution in [2.45, 2.75) is 114 Å². The maximum absolute atomic E-state index is 13.3. The molecule has 24 heteroatoms. The van der Waals surface area contributed by atoms with Gasteiger partial charge < -0.3 is 54.7 Å². The highest BCUT2D eigenvalue weighted by Crippen LogP contribution is 2.52. The Morgan fingerprint density at radius 2 is 0.939 bits per heavy atom. The van der Waals surface area contributed by atoms with E-state index in [1.807, 2.05) is 99.6 Å². The van der Waals surface area contributed by atoms with Crippen molar-refractivity contribution in [3.8, 4) is 51.5 Å². The van der Waals surface area contributed by atoms with Gasteiger partial charge in [-0.2, -0.15) is 0 Å². The zero-order chi connectivity index (χ0) is 69.5. The van der Waals surface area contributed by atoms with Crippen LogP contribution in [0.4, 0.5) is 17.5 Å². The quantitative estimate of drug-likeness (QED) is 0.0256. The molecule has 9 aromatic rings. The van der Waals surface area contributed by atoms with E-state index >= 15 is 0 Å². The fourth-order valence-corrected chi connectivity index (χ4v) is 12.3. The molecule has 20 nitrogen and oxygen atoms in total. The van der Waals surface area contributed by atoms with Crippen molar-refractivity contribution in [2.75, 3.05) is 50.0 Å². The van der Waals surface area contributed by atoms with Crippen molar-refractivity contribution < 1.29 is 48.1 Å². The van der Waals surface area contributed by atoms with Gasteiger partial charge in [-0.05, 0) is 194 Å². The van der Waals surface area contributed by atoms with Gasteiger partial charge >= 0.3 is 7.12 Å². The molecule has 0 bridgehead atoms. The molecular weight excluding hydrogens is 1390 g/mol. The molecule has 3 aliphatic heterocycles. The van der Waals surface area contributed by atoms with Gasteiger partial charge in [-0.15, -0.1) is 21.8 Å². The Balaban J connectivity index is 0.000000134. The molecule has 3 amide bonds. The van der Waals surface area contributed by atoms with Crippen molar-refractivity contribution in [1.82, 2.24) is 29.9 Å². The lowest BCUT2D eigenvalue weighted by Crippen LogP contribution is -2.31. The van der Waals surface area contributed by atoms with Gasteiger partial charge in [-0.1, -0.05) is 73.7 Å². The summed E-state index contributed by atoms with van der Waals surface area (Å²) in [4.78, 5) is 75.4. The standard InChI is InChI=1S/C24H23N3O3.C23H21N3O3.C18H17ClN2O2.C6H8BNO3.C3H9ISi/c1-15-12-19(18-4-3-10-25-22(18)29-2)26-21(13-15)27-23(28)24(8-9-24)17-5-6-20-16(14-17)7-11-30-20;1-14-11-18(17-3-2-9-24-21(17)27)25-20(12-14)26-22(28)23(7-8-23)16-4-5-19-15(13-16)6-10-29-19;1-11-8-15(19)20-16(9-11)21-17(22)18(5-6-18)13-2-3-14-12(10-13)4-7-23-14;1-11-6-5(7(9)10)3-2-4-8-6;1-5(2,3)4/h3-6,10,12-14H,7-9,11H2,1-2H3,(H,26,27,28);2-5,9,11-13H,6-8,10H2,1H3,(H,24,27)(H,25,26,28);2-3,8-10H,4-7H2,1H3,(H,20,21,22);2-4,9-10H,1H3;1-3H3. The molecule has 15 rings (SSSR count). The molecule has 3 fully saturated rings. The number of halogens is 2. The molecule has 6 N–H and O–H groups in total. The number of nitrogens with one attached hydrogen (secondary N) is 4. The van der Waals surface area contributed by atoms with Gasteiger partial charge in [-0.25, -0.2) is 24.9 Å². The van der Waals surface area contributed by atoms with Crippen LogP contribution in [0.2, 0.25) is 24.8 Å². The number of fused-ring (bicyclic) bond motifs is 3. The fourth-order valence-electron chi connectivity index (χ4n) is 12.0. The minimum Gasteiger partial charge on any atom is -0.493 e. The normalized spacial score (nSPS) is 15.3. The zero-order valence-electron chi connectivity index (χ0n) is 56.0. The fraction of sp³-hybridized carbons (Fsp3) is 0.311. The average molecular weight is 1470 g/mol. The summed E-state index contributed by atoms with van der Waals surface area (Å²) in [7, 11) is 1.48. The summed E-state index contributed by atoms with van der Waals surface area (Å²) in [6, 6.07) is 39.8. The number of aryl methyl sites for hydroxylation is 3. The number of aromatic amines is 1. The first-order chi connectivity index (χ1) is 47.0. The molecule has 6 aromatic heterocycles. The number of ether oxygens (including phenoxy) is 5. The Labute approximate surface area is 588 Å².